The number of primary amides is 1. The van der Waals surface area contributed by atoms with Crippen LogP contribution in [0.25, 0.3) is 0 Å². The first-order valence-corrected chi connectivity index (χ1v) is 7.14. The minimum atomic E-state index is -0.734. The van der Waals surface area contributed by atoms with E-state index in [0.29, 0.717) is 12.4 Å². The van der Waals surface area contributed by atoms with Crippen LogP contribution in [0.5, 0.6) is 0 Å². The van der Waals surface area contributed by atoms with Crippen LogP contribution in [0.2, 0.25) is 0 Å². The van der Waals surface area contributed by atoms with Crippen molar-refractivity contribution in [3.05, 3.63) is 46.9 Å². The molecule has 0 bridgehead atoms. The molecular formula is C15H14FN5O2. The van der Waals surface area contributed by atoms with Gasteiger partial charge in [-0.05, 0) is 37.1 Å². The van der Waals surface area contributed by atoms with E-state index in [1.807, 2.05) is 6.07 Å². The van der Waals surface area contributed by atoms with Gasteiger partial charge in [0.15, 0.2) is 0 Å². The van der Waals surface area contributed by atoms with E-state index in [2.05, 4.69) is 15.0 Å². The number of rotatable bonds is 4. The molecule has 7 nitrogen and oxygen atoms in total. The lowest BCUT2D eigenvalue weighted by molar-refractivity contribution is 0.0987. The summed E-state index contributed by atoms with van der Waals surface area (Å²) in [5, 5.41) is 12.5. The summed E-state index contributed by atoms with van der Waals surface area (Å²) in [6, 6.07) is 6.18. The number of carbonyl (C=O) groups excluding carboxylic acids is 1. The molecule has 1 saturated heterocycles. The van der Waals surface area contributed by atoms with Gasteiger partial charge in [0.25, 0.3) is 11.7 Å². The van der Waals surface area contributed by atoms with Gasteiger partial charge in [-0.3, -0.25) is 9.69 Å². The Morgan fingerprint density at radius 3 is 3.09 bits per heavy atom. The Morgan fingerprint density at radius 2 is 2.39 bits per heavy atom. The topological polar surface area (TPSA) is 109 Å². The van der Waals surface area contributed by atoms with Crippen molar-refractivity contribution < 1.29 is 13.7 Å². The highest BCUT2D eigenvalue weighted by Crippen LogP contribution is 2.32. The number of nitriles is 1. The zero-order chi connectivity index (χ0) is 16.4. The maximum Gasteiger partial charge on any atom is 0.290 e. The van der Waals surface area contributed by atoms with Crippen molar-refractivity contribution in [3.8, 4) is 6.07 Å². The second kappa shape index (κ2) is 6.14. The molecule has 1 aromatic heterocycles. The lowest BCUT2D eigenvalue weighted by Crippen LogP contribution is -2.23. The van der Waals surface area contributed by atoms with Crippen molar-refractivity contribution in [2.24, 2.45) is 5.73 Å². The number of aromatic nitrogens is 2. The van der Waals surface area contributed by atoms with E-state index in [0.717, 1.165) is 24.9 Å². The first-order chi connectivity index (χ1) is 11.1. The van der Waals surface area contributed by atoms with Crippen molar-refractivity contribution in [2.45, 2.75) is 25.4 Å². The molecule has 8 heteroatoms. The van der Waals surface area contributed by atoms with Gasteiger partial charge in [-0.2, -0.15) is 10.2 Å². The summed E-state index contributed by atoms with van der Waals surface area (Å²) in [7, 11) is 0. The fourth-order valence-electron chi connectivity index (χ4n) is 2.76. The number of hydrogen-bond donors (Lipinski definition) is 1. The predicted octanol–water partition coefficient (Wildman–Crippen LogP) is 1.52. The largest absolute Gasteiger partial charge is 0.363 e. The van der Waals surface area contributed by atoms with Gasteiger partial charge in [0.05, 0.1) is 11.6 Å². The molecule has 2 heterocycles. The average Bonchev–Trinajstić information content (AvgIpc) is 3.17. The van der Waals surface area contributed by atoms with Crippen LogP contribution in [-0.2, 0) is 6.54 Å². The number of benzene rings is 1. The van der Waals surface area contributed by atoms with Crippen molar-refractivity contribution >= 4 is 5.91 Å². The standard InChI is InChI=1S/C15H14FN5O2/c16-11-4-3-9(6-10(11)7-17)8-21-5-1-2-12(21)15-19-14(13(18)22)20-23-15/h3-4,6,12H,1-2,5,8H2,(H2,18,22). The Hall–Kier alpha value is -2.79. The first kappa shape index (κ1) is 15.1. The fourth-order valence-corrected chi connectivity index (χ4v) is 2.76. The SMILES string of the molecule is N#Cc1cc(CN2CCCC2c2nc(C(N)=O)no2)ccc1F. The van der Waals surface area contributed by atoms with E-state index in [-0.39, 0.29) is 17.4 Å². The third kappa shape index (κ3) is 3.05. The van der Waals surface area contributed by atoms with Gasteiger partial charge in [-0.1, -0.05) is 11.2 Å². The summed E-state index contributed by atoms with van der Waals surface area (Å²) in [5.41, 5.74) is 5.97. The van der Waals surface area contributed by atoms with Gasteiger partial charge < -0.3 is 10.3 Å². The van der Waals surface area contributed by atoms with E-state index >= 15 is 0 Å². The second-order valence-electron chi connectivity index (χ2n) is 5.37. The van der Waals surface area contributed by atoms with Gasteiger partial charge in [-0.25, -0.2) is 4.39 Å². The van der Waals surface area contributed by atoms with E-state index in [9.17, 15) is 9.18 Å². The Labute approximate surface area is 131 Å². The Bertz CT molecular complexity index is 782. The van der Waals surface area contributed by atoms with Crippen LogP contribution in [0, 0.1) is 17.1 Å². The lowest BCUT2D eigenvalue weighted by atomic mass is 10.1. The molecule has 3 rings (SSSR count). The summed E-state index contributed by atoms with van der Waals surface area (Å²) < 4.78 is 18.5. The smallest absolute Gasteiger partial charge is 0.290 e. The van der Waals surface area contributed by atoms with Crippen molar-refractivity contribution in [3.63, 3.8) is 0 Å². The van der Waals surface area contributed by atoms with E-state index in [1.165, 1.54) is 12.1 Å². The molecular weight excluding hydrogens is 301 g/mol. The fraction of sp³-hybridized carbons (Fsp3) is 0.333. The van der Waals surface area contributed by atoms with E-state index in [1.54, 1.807) is 6.07 Å². The number of nitrogens with two attached hydrogens (primary N) is 1. The minimum absolute atomic E-state index is 0.0204. The minimum Gasteiger partial charge on any atom is -0.363 e. The van der Waals surface area contributed by atoms with Gasteiger partial charge in [0.1, 0.15) is 11.9 Å². The maximum atomic E-state index is 13.4. The third-order valence-electron chi connectivity index (χ3n) is 3.85. The summed E-state index contributed by atoms with van der Waals surface area (Å²) >= 11 is 0. The van der Waals surface area contributed by atoms with Gasteiger partial charge in [-0.15, -0.1) is 0 Å². The highest BCUT2D eigenvalue weighted by molar-refractivity contribution is 5.88. The number of nitrogens with zero attached hydrogens (tertiary/aromatic N) is 4. The van der Waals surface area contributed by atoms with E-state index in [4.69, 9.17) is 15.5 Å². The van der Waals surface area contributed by atoms with Gasteiger partial charge >= 0.3 is 0 Å². The molecule has 0 radical (unpaired) electrons. The van der Waals surface area contributed by atoms with Crippen molar-refractivity contribution in [2.75, 3.05) is 6.54 Å². The molecule has 1 aliphatic rings. The van der Waals surface area contributed by atoms with Crippen LogP contribution in [-0.4, -0.2) is 27.5 Å². The Morgan fingerprint density at radius 1 is 1.57 bits per heavy atom. The van der Waals surface area contributed by atoms with Crippen LogP contribution in [0.3, 0.4) is 0 Å². The molecule has 1 atom stereocenters. The molecule has 1 aliphatic heterocycles. The Kier molecular flexibility index (Phi) is 4.04. The molecule has 2 aromatic rings. The summed E-state index contributed by atoms with van der Waals surface area (Å²) in [6.45, 7) is 1.33. The molecule has 0 aliphatic carbocycles. The summed E-state index contributed by atoms with van der Waals surface area (Å²) in [5.74, 6) is -1.06. The maximum absolute atomic E-state index is 13.4. The normalized spacial score (nSPS) is 18.0. The molecule has 1 amide bonds. The lowest BCUT2D eigenvalue weighted by Gasteiger charge is -2.21. The van der Waals surface area contributed by atoms with Gasteiger partial charge in [0.2, 0.25) is 5.89 Å². The number of hydrogen-bond acceptors (Lipinski definition) is 6. The number of likely N-dealkylation sites (tertiary alicyclic amines) is 1. The van der Waals surface area contributed by atoms with Crippen LogP contribution >= 0.6 is 0 Å². The molecule has 0 saturated carbocycles. The average molecular weight is 315 g/mol. The van der Waals surface area contributed by atoms with Crippen molar-refractivity contribution in [1.29, 1.82) is 5.26 Å². The highest BCUT2D eigenvalue weighted by atomic mass is 19.1. The first-order valence-electron chi connectivity index (χ1n) is 7.14. The highest BCUT2D eigenvalue weighted by Gasteiger charge is 2.31. The van der Waals surface area contributed by atoms with E-state index < -0.39 is 11.7 Å². The van der Waals surface area contributed by atoms with Crippen molar-refractivity contribution in [1.82, 2.24) is 15.0 Å². The van der Waals surface area contributed by atoms with Gasteiger partial charge in [0, 0.05) is 6.54 Å². The molecule has 1 fully saturated rings. The predicted molar refractivity (Wildman–Crippen MR) is 76.3 cm³/mol. The summed E-state index contributed by atoms with van der Waals surface area (Å²) in [6.07, 6.45) is 1.75. The third-order valence-corrected chi connectivity index (χ3v) is 3.85. The quantitative estimate of drug-likeness (QED) is 0.916. The van der Waals surface area contributed by atoms with Crippen LogP contribution in [0.15, 0.2) is 22.7 Å². The van der Waals surface area contributed by atoms with Crippen LogP contribution in [0.1, 0.15) is 46.5 Å². The number of halogens is 1. The summed E-state index contributed by atoms with van der Waals surface area (Å²) in [4.78, 5) is 17.2. The molecule has 23 heavy (non-hydrogen) atoms. The monoisotopic (exact) mass is 315 g/mol. The Balaban J connectivity index is 1.79. The number of carbonyl (C=O) groups is 1. The molecule has 2 N–H and O–H groups in total. The molecule has 0 spiro atoms. The molecule has 118 valence electrons. The number of amides is 1. The zero-order valence-corrected chi connectivity index (χ0v) is 12.2. The molecule has 1 aromatic carbocycles. The second-order valence-corrected chi connectivity index (χ2v) is 5.37. The van der Waals surface area contributed by atoms with Crippen LogP contribution < -0.4 is 5.73 Å². The zero-order valence-electron chi connectivity index (χ0n) is 12.2. The molecule has 1 unspecified atom stereocenters. The van der Waals surface area contributed by atoms with Crippen LogP contribution in [0.4, 0.5) is 4.39 Å².